The lowest BCUT2D eigenvalue weighted by molar-refractivity contribution is 0.0955. The largest absolute Gasteiger partial charge is 0.451 e. The lowest BCUT2D eigenvalue weighted by Crippen LogP contribution is -2.30. The summed E-state index contributed by atoms with van der Waals surface area (Å²) in [6, 6.07) is 21.5. The molecule has 4 aromatic rings. The molecule has 0 saturated heterocycles. The van der Waals surface area contributed by atoms with Crippen molar-refractivity contribution in [2.24, 2.45) is 0 Å². The number of fused-ring (bicyclic) bond motifs is 1. The van der Waals surface area contributed by atoms with Gasteiger partial charge in [-0.3, -0.25) is 4.79 Å². The number of furan rings is 1. The molecule has 1 aromatic heterocycles. The van der Waals surface area contributed by atoms with Crippen molar-refractivity contribution < 1.29 is 17.6 Å². The van der Waals surface area contributed by atoms with Crippen molar-refractivity contribution in [2.45, 2.75) is 18.7 Å². The molecule has 29 heavy (non-hydrogen) atoms. The van der Waals surface area contributed by atoms with Crippen LogP contribution in [0, 0.1) is 13.8 Å². The van der Waals surface area contributed by atoms with Gasteiger partial charge in [0.15, 0.2) is 5.76 Å². The van der Waals surface area contributed by atoms with Crippen LogP contribution in [0.2, 0.25) is 0 Å². The minimum atomic E-state index is -3.99. The first-order valence-electron chi connectivity index (χ1n) is 9.08. The number of sulfonamides is 1. The maximum Gasteiger partial charge on any atom is 0.300 e. The Morgan fingerprint density at radius 2 is 1.48 bits per heavy atom. The van der Waals surface area contributed by atoms with Gasteiger partial charge in [0.2, 0.25) is 0 Å². The summed E-state index contributed by atoms with van der Waals surface area (Å²) in [4.78, 5) is 12.6. The van der Waals surface area contributed by atoms with Gasteiger partial charge in [-0.2, -0.15) is 0 Å². The number of hydrogen-bond acceptors (Lipinski definition) is 4. The number of carbonyl (C=O) groups excluding carboxylic acids is 1. The fraction of sp³-hybridized carbons (Fsp3) is 0.0870. The number of hydrogen-bond donors (Lipinski definition) is 1. The molecule has 1 amide bonds. The Bertz CT molecular complexity index is 1340. The van der Waals surface area contributed by atoms with Crippen LogP contribution in [0.15, 0.2) is 82.1 Å². The second kappa shape index (κ2) is 7.22. The van der Waals surface area contributed by atoms with E-state index in [4.69, 9.17) is 4.42 Å². The number of rotatable bonds is 4. The van der Waals surface area contributed by atoms with Gasteiger partial charge >= 0.3 is 5.91 Å². The topological polar surface area (TPSA) is 76.4 Å². The summed E-state index contributed by atoms with van der Waals surface area (Å²) in [7, 11) is -3.99. The van der Waals surface area contributed by atoms with Gasteiger partial charge in [0.1, 0.15) is 5.76 Å². The van der Waals surface area contributed by atoms with E-state index in [0.29, 0.717) is 11.3 Å². The zero-order valence-corrected chi connectivity index (χ0v) is 16.8. The summed E-state index contributed by atoms with van der Waals surface area (Å²) >= 11 is 0. The zero-order valence-electron chi connectivity index (χ0n) is 16.0. The normalized spacial score (nSPS) is 11.5. The second-order valence-corrected chi connectivity index (χ2v) is 8.49. The number of amides is 1. The van der Waals surface area contributed by atoms with Crippen LogP contribution < -0.4 is 4.72 Å². The van der Waals surface area contributed by atoms with Crippen LogP contribution in [-0.4, -0.2) is 14.3 Å². The molecule has 146 valence electrons. The van der Waals surface area contributed by atoms with Crippen LogP contribution in [-0.2, 0) is 10.0 Å². The third-order valence-electron chi connectivity index (χ3n) is 4.85. The van der Waals surface area contributed by atoms with Crippen molar-refractivity contribution in [3.63, 3.8) is 0 Å². The molecule has 0 radical (unpaired) electrons. The Labute approximate surface area is 169 Å². The van der Waals surface area contributed by atoms with E-state index in [1.165, 1.54) is 12.1 Å². The predicted octanol–water partition coefficient (Wildman–Crippen LogP) is 4.84. The first-order chi connectivity index (χ1) is 13.9. The molecule has 5 nitrogen and oxygen atoms in total. The maximum atomic E-state index is 12.6. The van der Waals surface area contributed by atoms with E-state index in [9.17, 15) is 13.2 Å². The van der Waals surface area contributed by atoms with Crippen LogP contribution in [0.1, 0.15) is 21.7 Å². The molecule has 1 heterocycles. The molecule has 6 heteroatoms. The Morgan fingerprint density at radius 3 is 2.24 bits per heavy atom. The SMILES string of the molecule is Cc1ccccc1S(=O)(=O)NC(=O)c1ccc(-c2ccc(C)c3ccccc23)o1. The van der Waals surface area contributed by atoms with E-state index >= 15 is 0 Å². The summed E-state index contributed by atoms with van der Waals surface area (Å²) in [6.45, 7) is 3.70. The first kappa shape index (κ1) is 19.0. The zero-order chi connectivity index (χ0) is 20.6. The highest BCUT2D eigenvalue weighted by Crippen LogP contribution is 2.31. The monoisotopic (exact) mass is 405 g/mol. The van der Waals surface area contributed by atoms with Crippen molar-refractivity contribution in [1.29, 1.82) is 0 Å². The molecule has 0 fully saturated rings. The standard InChI is InChI=1S/C23H19NO4S/c1-15-11-12-19(18-9-5-4-8-17(15)18)20-13-14-21(28-20)23(25)24-29(26,27)22-10-6-3-7-16(22)2/h3-14H,1-2H3,(H,24,25). The predicted molar refractivity (Wildman–Crippen MR) is 112 cm³/mol. The molecule has 4 rings (SSSR count). The molecule has 0 aliphatic rings. The van der Waals surface area contributed by atoms with Gasteiger partial charge < -0.3 is 4.42 Å². The fourth-order valence-electron chi connectivity index (χ4n) is 3.35. The molecule has 0 saturated carbocycles. The number of benzene rings is 3. The molecule has 3 aromatic carbocycles. The van der Waals surface area contributed by atoms with Crippen molar-refractivity contribution >= 4 is 26.7 Å². The highest BCUT2D eigenvalue weighted by molar-refractivity contribution is 7.90. The van der Waals surface area contributed by atoms with Crippen LogP contribution >= 0.6 is 0 Å². The summed E-state index contributed by atoms with van der Waals surface area (Å²) in [5.41, 5.74) is 2.53. The Morgan fingerprint density at radius 1 is 0.793 bits per heavy atom. The summed E-state index contributed by atoms with van der Waals surface area (Å²) in [5.74, 6) is -0.377. The maximum absolute atomic E-state index is 12.6. The lowest BCUT2D eigenvalue weighted by atomic mass is 9.99. The number of nitrogens with one attached hydrogen (secondary N) is 1. The van der Waals surface area contributed by atoms with Gasteiger partial charge in [0, 0.05) is 5.56 Å². The highest BCUT2D eigenvalue weighted by atomic mass is 32.2. The Hall–Kier alpha value is -3.38. The molecule has 0 aliphatic heterocycles. The molecule has 1 N–H and O–H groups in total. The van der Waals surface area contributed by atoms with Crippen LogP contribution in [0.25, 0.3) is 22.1 Å². The second-order valence-electron chi connectivity index (χ2n) is 6.84. The van der Waals surface area contributed by atoms with E-state index in [0.717, 1.165) is 21.9 Å². The third kappa shape index (κ3) is 3.54. The molecule has 0 aliphatic carbocycles. The number of aryl methyl sites for hydroxylation is 2. The first-order valence-corrected chi connectivity index (χ1v) is 10.6. The van der Waals surface area contributed by atoms with E-state index in [-0.39, 0.29) is 10.7 Å². The van der Waals surface area contributed by atoms with Gasteiger partial charge in [0.25, 0.3) is 10.0 Å². The van der Waals surface area contributed by atoms with Crippen molar-refractivity contribution in [3.05, 3.63) is 89.7 Å². The minimum Gasteiger partial charge on any atom is -0.451 e. The quantitative estimate of drug-likeness (QED) is 0.527. The highest BCUT2D eigenvalue weighted by Gasteiger charge is 2.22. The third-order valence-corrected chi connectivity index (χ3v) is 6.34. The smallest absolute Gasteiger partial charge is 0.300 e. The van der Waals surface area contributed by atoms with Gasteiger partial charge in [-0.05, 0) is 53.9 Å². The lowest BCUT2D eigenvalue weighted by Gasteiger charge is -2.08. The molecular formula is C23H19NO4S. The van der Waals surface area contributed by atoms with Crippen molar-refractivity contribution in [2.75, 3.05) is 0 Å². The molecule has 0 unspecified atom stereocenters. The Kier molecular flexibility index (Phi) is 4.72. The average Bonchev–Trinajstić information content (AvgIpc) is 3.18. The molecule has 0 bridgehead atoms. The van der Waals surface area contributed by atoms with Crippen LogP contribution in [0.3, 0.4) is 0 Å². The van der Waals surface area contributed by atoms with E-state index < -0.39 is 15.9 Å². The minimum absolute atomic E-state index is 0.0599. The average molecular weight is 405 g/mol. The van der Waals surface area contributed by atoms with Crippen molar-refractivity contribution in [3.8, 4) is 11.3 Å². The Balaban J connectivity index is 1.66. The summed E-state index contributed by atoms with van der Waals surface area (Å²) < 4.78 is 32.9. The number of carbonyl (C=O) groups is 1. The van der Waals surface area contributed by atoms with E-state index in [1.54, 1.807) is 31.2 Å². The summed E-state index contributed by atoms with van der Waals surface area (Å²) in [5, 5.41) is 2.09. The van der Waals surface area contributed by atoms with Gasteiger partial charge in [-0.25, -0.2) is 13.1 Å². The van der Waals surface area contributed by atoms with Crippen molar-refractivity contribution in [1.82, 2.24) is 4.72 Å². The fourth-order valence-corrected chi connectivity index (χ4v) is 4.56. The van der Waals surface area contributed by atoms with Gasteiger partial charge in [0.05, 0.1) is 4.90 Å². The van der Waals surface area contributed by atoms with Crippen LogP contribution in [0.4, 0.5) is 0 Å². The van der Waals surface area contributed by atoms with Crippen LogP contribution in [0.5, 0.6) is 0 Å². The van der Waals surface area contributed by atoms with Gasteiger partial charge in [-0.1, -0.05) is 54.6 Å². The van der Waals surface area contributed by atoms with E-state index in [1.807, 2.05) is 43.3 Å². The molecule has 0 atom stereocenters. The summed E-state index contributed by atoms with van der Waals surface area (Å²) in [6.07, 6.45) is 0. The van der Waals surface area contributed by atoms with E-state index in [2.05, 4.69) is 4.72 Å². The van der Waals surface area contributed by atoms with Gasteiger partial charge in [-0.15, -0.1) is 0 Å². The molecular weight excluding hydrogens is 386 g/mol. The molecule has 0 spiro atoms.